The van der Waals surface area contributed by atoms with Gasteiger partial charge in [-0.05, 0) is 32.6 Å². The van der Waals surface area contributed by atoms with Crippen molar-refractivity contribution in [2.45, 2.75) is 58.8 Å². The first-order valence-corrected chi connectivity index (χ1v) is 7.54. The van der Waals surface area contributed by atoms with Crippen LogP contribution >= 0.6 is 12.2 Å². The zero-order valence-corrected chi connectivity index (χ0v) is 13.1. The average molecular weight is 280 g/mol. The van der Waals surface area contributed by atoms with E-state index in [-0.39, 0.29) is 10.4 Å². The molecule has 0 saturated carbocycles. The van der Waals surface area contributed by atoms with Crippen molar-refractivity contribution in [1.29, 1.82) is 0 Å². The fraction of sp³-hybridized carbons (Fsp3) is 0.909. The van der Waals surface area contributed by atoms with Crippen LogP contribution in [0.2, 0.25) is 0 Å². The summed E-state index contributed by atoms with van der Waals surface area (Å²) in [5, 5.41) is -0.850. The molecule has 0 aliphatic heterocycles. The quantitative estimate of drug-likeness (QED) is 0.753. The van der Waals surface area contributed by atoms with E-state index in [0.29, 0.717) is 0 Å². The van der Waals surface area contributed by atoms with Crippen LogP contribution in [0.3, 0.4) is 0 Å². The van der Waals surface area contributed by atoms with E-state index in [2.05, 4.69) is 25.5 Å². The highest BCUT2D eigenvalue weighted by molar-refractivity contribution is 7.93. The Hall–Kier alpha value is -0.200. The van der Waals surface area contributed by atoms with Gasteiger partial charge in [-0.15, -0.1) is 0 Å². The molecule has 0 aromatic rings. The Morgan fingerprint density at radius 3 is 2.00 bits per heavy atom. The summed E-state index contributed by atoms with van der Waals surface area (Å²) in [6.45, 7) is 11.4. The minimum absolute atomic E-state index is 0.0101. The van der Waals surface area contributed by atoms with Crippen LogP contribution in [0.15, 0.2) is 0 Å². The lowest BCUT2D eigenvalue weighted by Crippen LogP contribution is -2.50. The monoisotopic (exact) mass is 280 g/mol. The Morgan fingerprint density at radius 2 is 1.71 bits per heavy atom. The number of hydrogen-bond donors (Lipinski definition) is 2. The lowest BCUT2D eigenvalue weighted by atomic mass is 9.82. The minimum atomic E-state index is -3.51. The number of thiocarbonyl (C=S) groups is 1. The summed E-state index contributed by atoms with van der Waals surface area (Å²) in [6.07, 6.45) is 0.725. The Kier molecular flexibility index (Phi) is 5.14. The minimum Gasteiger partial charge on any atom is -0.392 e. The van der Waals surface area contributed by atoms with E-state index in [1.165, 1.54) is 6.92 Å². The Balaban J connectivity index is 4.89. The third-order valence-electron chi connectivity index (χ3n) is 2.26. The van der Waals surface area contributed by atoms with Gasteiger partial charge in [0, 0.05) is 5.54 Å². The van der Waals surface area contributed by atoms with Crippen molar-refractivity contribution in [3.63, 3.8) is 0 Å². The molecule has 6 heteroatoms. The highest BCUT2D eigenvalue weighted by Gasteiger charge is 2.33. The maximum Gasteiger partial charge on any atom is 0.221 e. The Bertz CT molecular complexity index is 381. The molecule has 17 heavy (non-hydrogen) atoms. The Morgan fingerprint density at radius 1 is 1.29 bits per heavy atom. The van der Waals surface area contributed by atoms with E-state index in [4.69, 9.17) is 18.0 Å². The van der Waals surface area contributed by atoms with Gasteiger partial charge in [0.2, 0.25) is 10.0 Å². The number of nitrogens with two attached hydrogens (primary N) is 1. The first-order chi connectivity index (χ1) is 7.27. The molecule has 1 atom stereocenters. The van der Waals surface area contributed by atoms with Crippen LogP contribution in [-0.4, -0.2) is 24.2 Å². The number of nitrogens with one attached hydrogen (secondary N) is 1. The molecule has 0 spiro atoms. The van der Waals surface area contributed by atoms with Crippen LogP contribution in [0.4, 0.5) is 0 Å². The lowest BCUT2D eigenvalue weighted by molar-refractivity contribution is 0.269. The predicted molar refractivity (Wildman–Crippen MR) is 76.5 cm³/mol. The molecule has 0 rings (SSSR count). The normalized spacial score (nSPS) is 15.6. The van der Waals surface area contributed by atoms with Gasteiger partial charge in [0.25, 0.3) is 0 Å². The van der Waals surface area contributed by atoms with E-state index in [0.717, 1.165) is 6.42 Å². The van der Waals surface area contributed by atoms with Gasteiger partial charge in [-0.1, -0.05) is 33.0 Å². The second-order valence-electron chi connectivity index (χ2n) is 6.31. The van der Waals surface area contributed by atoms with Gasteiger partial charge in [-0.3, -0.25) is 0 Å². The van der Waals surface area contributed by atoms with E-state index in [9.17, 15) is 8.42 Å². The third kappa shape index (κ3) is 6.33. The molecule has 4 nitrogen and oxygen atoms in total. The number of hydrogen-bond acceptors (Lipinski definition) is 3. The van der Waals surface area contributed by atoms with Crippen LogP contribution in [0.5, 0.6) is 0 Å². The predicted octanol–water partition coefficient (Wildman–Crippen LogP) is 1.80. The van der Waals surface area contributed by atoms with E-state index in [1.807, 2.05) is 13.8 Å². The summed E-state index contributed by atoms with van der Waals surface area (Å²) in [5.41, 5.74) is 4.90. The molecule has 3 N–H and O–H groups in total. The van der Waals surface area contributed by atoms with Crippen LogP contribution in [-0.2, 0) is 10.0 Å². The van der Waals surface area contributed by atoms with Crippen LogP contribution < -0.4 is 10.5 Å². The van der Waals surface area contributed by atoms with E-state index in [1.54, 1.807) is 0 Å². The molecular formula is C11H24N2O2S2. The van der Waals surface area contributed by atoms with Gasteiger partial charge >= 0.3 is 0 Å². The van der Waals surface area contributed by atoms with Gasteiger partial charge in [-0.25, -0.2) is 13.1 Å². The van der Waals surface area contributed by atoms with Crippen LogP contribution in [0, 0.1) is 5.41 Å². The topological polar surface area (TPSA) is 72.2 Å². The maximum absolute atomic E-state index is 12.0. The summed E-state index contributed by atoms with van der Waals surface area (Å²) < 4.78 is 26.7. The van der Waals surface area contributed by atoms with Gasteiger partial charge in [0.1, 0.15) is 5.25 Å². The van der Waals surface area contributed by atoms with Gasteiger partial charge in [-0.2, -0.15) is 0 Å². The maximum atomic E-state index is 12.0. The largest absolute Gasteiger partial charge is 0.392 e. The molecule has 0 aliphatic rings. The molecular weight excluding hydrogens is 256 g/mol. The summed E-state index contributed by atoms with van der Waals surface area (Å²) in [7, 11) is -3.51. The van der Waals surface area contributed by atoms with Gasteiger partial charge in [0.15, 0.2) is 0 Å². The highest BCUT2D eigenvalue weighted by Crippen LogP contribution is 2.27. The van der Waals surface area contributed by atoms with Crippen molar-refractivity contribution in [3.8, 4) is 0 Å². The molecule has 0 heterocycles. The SMILES string of the molecule is CC(C(N)=S)S(=O)(=O)NC(C)(C)CC(C)(C)C. The smallest absolute Gasteiger partial charge is 0.221 e. The Labute approximate surface area is 110 Å². The van der Waals surface area contributed by atoms with Crippen molar-refractivity contribution < 1.29 is 8.42 Å². The van der Waals surface area contributed by atoms with Crippen molar-refractivity contribution >= 4 is 27.2 Å². The second kappa shape index (κ2) is 5.20. The average Bonchev–Trinajstić information content (AvgIpc) is 1.94. The fourth-order valence-corrected chi connectivity index (χ4v) is 3.69. The summed E-state index contributed by atoms with van der Waals surface area (Å²) >= 11 is 4.72. The van der Waals surface area contributed by atoms with Crippen LogP contribution in [0.1, 0.15) is 48.0 Å². The van der Waals surface area contributed by atoms with Crippen molar-refractivity contribution in [2.75, 3.05) is 0 Å². The standard InChI is InChI=1S/C11H24N2O2S2/c1-8(9(12)16)17(14,15)13-11(5,6)7-10(2,3)4/h8,13H,7H2,1-6H3,(H2,12,16). The van der Waals surface area contributed by atoms with E-state index < -0.39 is 20.8 Å². The summed E-state index contributed by atoms with van der Waals surface area (Å²) in [5.74, 6) is 0. The van der Waals surface area contributed by atoms with Gasteiger partial charge in [0.05, 0.1) is 4.99 Å². The molecule has 0 bridgehead atoms. The molecule has 0 aliphatic carbocycles. The summed E-state index contributed by atoms with van der Waals surface area (Å²) in [6, 6.07) is 0. The summed E-state index contributed by atoms with van der Waals surface area (Å²) in [4.78, 5) is -0.0101. The highest BCUT2D eigenvalue weighted by atomic mass is 32.2. The fourth-order valence-electron chi connectivity index (χ4n) is 1.99. The molecule has 0 fully saturated rings. The molecule has 1 unspecified atom stereocenters. The van der Waals surface area contributed by atoms with E-state index >= 15 is 0 Å². The zero-order chi connectivity index (χ0) is 14.1. The first kappa shape index (κ1) is 16.8. The molecule has 0 aromatic heterocycles. The number of sulfonamides is 1. The molecule has 0 aromatic carbocycles. The van der Waals surface area contributed by atoms with Crippen molar-refractivity contribution in [1.82, 2.24) is 4.72 Å². The lowest BCUT2D eigenvalue weighted by Gasteiger charge is -2.33. The molecule has 0 radical (unpaired) electrons. The van der Waals surface area contributed by atoms with Crippen molar-refractivity contribution in [3.05, 3.63) is 0 Å². The van der Waals surface area contributed by atoms with Crippen LogP contribution in [0.25, 0.3) is 0 Å². The van der Waals surface area contributed by atoms with Crippen molar-refractivity contribution in [2.24, 2.45) is 11.1 Å². The third-order valence-corrected chi connectivity index (χ3v) is 4.78. The molecule has 0 saturated heterocycles. The molecule has 0 amide bonds. The molecule has 102 valence electrons. The number of rotatable bonds is 5. The first-order valence-electron chi connectivity index (χ1n) is 5.59. The van der Waals surface area contributed by atoms with Gasteiger partial charge < -0.3 is 5.73 Å². The zero-order valence-electron chi connectivity index (χ0n) is 11.5. The second-order valence-corrected chi connectivity index (χ2v) is 8.79.